The van der Waals surface area contributed by atoms with Crippen LogP contribution in [0.1, 0.15) is 18.1 Å². The van der Waals surface area contributed by atoms with Gasteiger partial charge in [0.1, 0.15) is 26.2 Å². The molecule has 0 radical (unpaired) electrons. The van der Waals surface area contributed by atoms with Crippen molar-refractivity contribution in [2.45, 2.75) is 26.8 Å². The van der Waals surface area contributed by atoms with Crippen molar-refractivity contribution < 1.29 is 19.4 Å². The highest BCUT2D eigenvalue weighted by atomic mass is 35.5. The first-order valence-electron chi connectivity index (χ1n) is 10.4. The summed E-state index contributed by atoms with van der Waals surface area (Å²) in [5, 5.41) is 6.67. The van der Waals surface area contributed by atoms with Gasteiger partial charge in [0, 0.05) is 16.4 Å². The Balaban J connectivity index is 1.46. The van der Waals surface area contributed by atoms with Gasteiger partial charge in [-0.3, -0.25) is 9.59 Å². The molecule has 1 heterocycles. The third kappa shape index (κ3) is 5.81. The smallest absolute Gasteiger partial charge is 0.282 e. The summed E-state index contributed by atoms with van der Waals surface area (Å²) in [5.41, 5.74) is 3.82. The number of rotatable bonds is 6. The maximum atomic E-state index is 12.6. The van der Waals surface area contributed by atoms with E-state index in [1.165, 1.54) is 9.80 Å². The van der Waals surface area contributed by atoms with E-state index in [9.17, 15) is 9.59 Å². The fourth-order valence-electron chi connectivity index (χ4n) is 3.93. The van der Waals surface area contributed by atoms with E-state index in [1.54, 1.807) is 24.3 Å². The molecule has 0 unspecified atom stereocenters. The summed E-state index contributed by atoms with van der Waals surface area (Å²) in [6.07, 6.45) is 0. The van der Waals surface area contributed by atoms with Gasteiger partial charge in [0.15, 0.2) is 12.6 Å². The molecule has 2 aromatic carbocycles. The van der Waals surface area contributed by atoms with E-state index in [2.05, 4.69) is 10.6 Å². The Labute approximate surface area is 183 Å². The van der Waals surface area contributed by atoms with Gasteiger partial charge in [-0.2, -0.15) is 0 Å². The number of nitrogens with one attached hydrogen (secondary N) is 4. The van der Waals surface area contributed by atoms with Crippen LogP contribution in [-0.2, 0) is 9.59 Å². The summed E-state index contributed by atoms with van der Waals surface area (Å²) < 4.78 is 0. The van der Waals surface area contributed by atoms with Crippen LogP contribution in [0.5, 0.6) is 0 Å². The zero-order valence-corrected chi connectivity index (χ0v) is 18.6. The Hall–Kier alpha value is -2.41. The number of carbonyl (C=O) groups is 2. The number of halogens is 1. The molecule has 1 aliphatic rings. The summed E-state index contributed by atoms with van der Waals surface area (Å²) in [7, 11) is 0. The lowest BCUT2D eigenvalue weighted by atomic mass is 10.1. The SMILES string of the molecule is Cc1cccc(C)c1NC(=O)C[NH+]1CC[NH+]([C@@H](C)C(=O)Nc2ccc(Cl)cc2)CC1. The number of anilines is 2. The third-order valence-corrected chi connectivity index (χ3v) is 6.12. The van der Waals surface area contributed by atoms with Crippen LogP contribution in [0, 0.1) is 13.8 Å². The molecule has 0 bridgehead atoms. The monoisotopic (exact) mass is 430 g/mol. The van der Waals surface area contributed by atoms with E-state index in [4.69, 9.17) is 11.6 Å². The van der Waals surface area contributed by atoms with Gasteiger partial charge in [-0.25, -0.2) is 0 Å². The summed E-state index contributed by atoms with van der Waals surface area (Å²) in [5.74, 6) is 0.0444. The summed E-state index contributed by atoms with van der Waals surface area (Å²) in [4.78, 5) is 27.6. The quantitative estimate of drug-likeness (QED) is 0.545. The Morgan fingerprint density at radius 2 is 1.57 bits per heavy atom. The molecule has 3 rings (SSSR count). The first-order chi connectivity index (χ1) is 14.3. The van der Waals surface area contributed by atoms with Crippen molar-refractivity contribution in [2.75, 3.05) is 43.4 Å². The van der Waals surface area contributed by atoms with Gasteiger partial charge in [-0.15, -0.1) is 0 Å². The summed E-state index contributed by atoms with van der Waals surface area (Å²) in [6, 6.07) is 13.0. The molecule has 1 aliphatic heterocycles. The van der Waals surface area contributed by atoms with Gasteiger partial charge in [0.2, 0.25) is 0 Å². The van der Waals surface area contributed by atoms with Gasteiger partial charge in [0.25, 0.3) is 11.8 Å². The molecule has 30 heavy (non-hydrogen) atoms. The molecule has 0 aromatic heterocycles. The number of hydrogen-bond acceptors (Lipinski definition) is 2. The van der Waals surface area contributed by atoms with Crippen LogP contribution in [0.15, 0.2) is 42.5 Å². The second-order valence-corrected chi connectivity index (χ2v) is 8.55. The highest BCUT2D eigenvalue weighted by molar-refractivity contribution is 6.30. The number of quaternary nitrogens is 2. The van der Waals surface area contributed by atoms with Crippen LogP contribution in [0.2, 0.25) is 5.02 Å². The predicted octanol–water partition coefficient (Wildman–Crippen LogP) is 0.706. The van der Waals surface area contributed by atoms with E-state index < -0.39 is 0 Å². The standard InChI is InChI=1S/C23H29ClN4O2/c1-16-5-4-6-17(2)22(16)26-21(29)15-27-11-13-28(14-12-27)18(3)23(30)25-20-9-7-19(24)8-10-20/h4-10,18H,11-15H2,1-3H3,(H,25,30)(H,26,29)/p+2/t18-/m0/s1. The lowest BCUT2D eigenvalue weighted by molar-refractivity contribution is -1.01. The molecule has 6 nitrogen and oxygen atoms in total. The summed E-state index contributed by atoms with van der Waals surface area (Å²) in [6.45, 7) is 9.89. The summed E-state index contributed by atoms with van der Waals surface area (Å²) >= 11 is 5.90. The number of hydrogen-bond donors (Lipinski definition) is 4. The first-order valence-corrected chi connectivity index (χ1v) is 10.8. The van der Waals surface area contributed by atoms with E-state index in [0.717, 1.165) is 48.7 Å². The third-order valence-electron chi connectivity index (χ3n) is 5.87. The van der Waals surface area contributed by atoms with Crippen LogP contribution in [0.4, 0.5) is 11.4 Å². The lowest BCUT2D eigenvalue weighted by Crippen LogP contribution is -3.30. The lowest BCUT2D eigenvalue weighted by Gasteiger charge is -2.32. The Morgan fingerprint density at radius 1 is 0.967 bits per heavy atom. The maximum Gasteiger partial charge on any atom is 0.282 e. The molecule has 7 heteroatoms. The number of piperazine rings is 1. The van der Waals surface area contributed by atoms with E-state index in [-0.39, 0.29) is 17.9 Å². The molecule has 0 saturated carbocycles. The fourth-order valence-corrected chi connectivity index (χ4v) is 4.05. The highest BCUT2D eigenvalue weighted by Crippen LogP contribution is 2.18. The number of carbonyl (C=O) groups excluding carboxylic acids is 2. The second-order valence-electron chi connectivity index (χ2n) is 8.12. The largest absolute Gasteiger partial charge is 0.321 e. The van der Waals surface area contributed by atoms with E-state index in [0.29, 0.717) is 11.6 Å². The van der Waals surface area contributed by atoms with Crippen molar-refractivity contribution in [3.63, 3.8) is 0 Å². The number of benzene rings is 2. The van der Waals surface area contributed by atoms with Crippen LogP contribution in [0.3, 0.4) is 0 Å². The van der Waals surface area contributed by atoms with E-state index in [1.807, 2.05) is 39.0 Å². The molecule has 1 atom stereocenters. The zero-order valence-electron chi connectivity index (χ0n) is 17.8. The van der Waals surface area contributed by atoms with Crippen molar-refractivity contribution in [1.82, 2.24) is 0 Å². The van der Waals surface area contributed by atoms with Crippen LogP contribution >= 0.6 is 11.6 Å². The zero-order chi connectivity index (χ0) is 21.7. The first kappa shape index (κ1) is 22.3. The number of para-hydroxylation sites is 1. The average Bonchev–Trinajstić information content (AvgIpc) is 2.72. The van der Waals surface area contributed by atoms with Crippen LogP contribution < -0.4 is 20.4 Å². The normalized spacial score (nSPS) is 19.7. The van der Waals surface area contributed by atoms with Gasteiger partial charge in [-0.05, 0) is 56.2 Å². The molecule has 0 spiro atoms. The molecule has 2 amide bonds. The molecule has 2 aromatic rings. The molecule has 160 valence electrons. The molecule has 4 N–H and O–H groups in total. The van der Waals surface area contributed by atoms with Gasteiger partial charge >= 0.3 is 0 Å². The van der Waals surface area contributed by atoms with Gasteiger partial charge in [0.05, 0.1) is 0 Å². The Morgan fingerprint density at radius 3 is 2.17 bits per heavy atom. The van der Waals surface area contributed by atoms with Crippen molar-refractivity contribution in [3.05, 3.63) is 58.6 Å². The predicted molar refractivity (Wildman–Crippen MR) is 120 cm³/mol. The maximum absolute atomic E-state index is 12.6. The van der Waals surface area contributed by atoms with Gasteiger partial charge < -0.3 is 20.4 Å². The Kier molecular flexibility index (Phi) is 7.48. The molecule has 1 fully saturated rings. The molecule has 1 saturated heterocycles. The second kappa shape index (κ2) is 10.1. The minimum atomic E-state index is -0.148. The molecular weight excluding hydrogens is 400 g/mol. The van der Waals surface area contributed by atoms with Crippen molar-refractivity contribution >= 4 is 34.8 Å². The average molecular weight is 431 g/mol. The van der Waals surface area contributed by atoms with E-state index >= 15 is 0 Å². The van der Waals surface area contributed by atoms with Crippen molar-refractivity contribution in [2.24, 2.45) is 0 Å². The number of amides is 2. The van der Waals surface area contributed by atoms with Crippen molar-refractivity contribution in [1.29, 1.82) is 0 Å². The minimum absolute atomic E-state index is 0.00328. The van der Waals surface area contributed by atoms with Crippen LogP contribution in [-0.4, -0.2) is 50.6 Å². The fraction of sp³-hybridized carbons (Fsp3) is 0.391. The van der Waals surface area contributed by atoms with Crippen LogP contribution in [0.25, 0.3) is 0 Å². The molecular formula is C23H31ClN4O2+2. The number of aryl methyl sites for hydroxylation is 2. The minimum Gasteiger partial charge on any atom is -0.321 e. The topological polar surface area (TPSA) is 67.1 Å². The Bertz CT molecular complexity index is 872. The van der Waals surface area contributed by atoms with Crippen molar-refractivity contribution in [3.8, 4) is 0 Å². The highest BCUT2D eigenvalue weighted by Gasteiger charge is 2.31. The van der Waals surface area contributed by atoms with Gasteiger partial charge in [-0.1, -0.05) is 29.8 Å². The molecule has 0 aliphatic carbocycles.